The van der Waals surface area contributed by atoms with Crippen molar-refractivity contribution in [3.8, 4) is 5.75 Å². The second-order valence-electron chi connectivity index (χ2n) is 6.75. The summed E-state index contributed by atoms with van der Waals surface area (Å²) in [5, 5.41) is 0.636. The standard InChI is InChI=1S/C21H24ClFN2O2/c1-2-19-14-24(13-16-3-7-18(23)8-4-16)11-12-25(19)21(26)15-27-20-9-5-17(22)6-10-20/h3-10,19H,2,11-15H2,1H3/t19-/m1/s1. The minimum atomic E-state index is -0.221. The Hall–Kier alpha value is -2.11. The van der Waals surface area contributed by atoms with Crippen molar-refractivity contribution in [2.45, 2.75) is 25.9 Å². The molecule has 2 aromatic rings. The van der Waals surface area contributed by atoms with Crippen LogP contribution in [0.3, 0.4) is 0 Å². The summed E-state index contributed by atoms with van der Waals surface area (Å²) in [6.07, 6.45) is 0.882. The van der Waals surface area contributed by atoms with Gasteiger partial charge in [-0.25, -0.2) is 4.39 Å². The fraction of sp³-hybridized carbons (Fsp3) is 0.381. The molecule has 0 aromatic heterocycles. The van der Waals surface area contributed by atoms with Gasteiger partial charge in [-0.3, -0.25) is 9.69 Å². The molecule has 1 saturated heterocycles. The molecule has 3 rings (SSSR count). The lowest BCUT2D eigenvalue weighted by Gasteiger charge is -2.41. The number of halogens is 2. The maximum Gasteiger partial charge on any atom is 0.260 e. The second kappa shape index (κ2) is 9.20. The zero-order chi connectivity index (χ0) is 19.2. The third-order valence-electron chi connectivity index (χ3n) is 4.85. The minimum absolute atomic E-state index is 0.00164. The Balaban J connectivity index is 1.53. The topological polar surface area (TPSA) is 32.8 Å². The van der Waals surface area contributed by atoms with E-state index in [1.807, 2.05) is 17.0 Å². The second-order valence-corrected chi connectivity index (χ2v) is 7.19. The van der Waals surface area contributed by atoms with Crippen LogP contribution in [-0.4, -0.2) is 48.0 Å². The zero-order valence-corrected chi connectivity index (χ0v) is 16.2. The highest BCUT2D eigenvalue weighted by Crippen LogP contribution is 2.18. The Labute approximate surface area is 164 Å². The summed E-state index contributed by atoms with van der Waals surface area (Å²) in [5.41, 5.74) is 1.08. The van der Waals surface area contributed by atoms with E-state index in [0.717, 1.165) is 31.6 Å². The molecule has 4 nitrogen and oxygen atoms in total. The van der Waals surface area contributed by atoms with Gasteiger partial charge in [0.1, 0.15) is 11.6 Å². The van der Waals surface area contributed by atoms with Gasteiger partial charge in [0.2, 0.25) is 0 Å². The number of ether oxygens (including phenoxy) is 1. The minimum Gasteiger partial charge on any atom is -0.484 e. The SMILES string of the molecule is CC[C@@H]1CN(Cc2ccc(F)cc2)CCN1C(=O)COc1ccc(Cl)cc1. The maximum atomic E-state index is 13.1. The molecule has 1 aliphatic heterocycles. The van der Waals surface area contributed by atoms with Crippen molar-refractivity contribution in [2.75, 3.05) is 26.2 Å². The van der Waals surface area contributed by atoms with E-state index in [9.17, 15) is 9.18 Å². The average molecular weight is 391 g/mol. The number of hydrogen-bond donors (Lipinski definition) is 0. The van der Waals surface area contributed by atoms with Gasteiger partial charge in [-0.15, -0.1) is 0 Å². The molecule has 1 fully saturated rings. The number of amides is 1. The first-order valence-corrected chi connectivity index (χ1v) is 9.57. The summed E-state index contributed by atoms with van der Waals surface area (Å²) in [6.45, 7) is 5.15. The Bertz CT molecular complexity index is 752. The lowest BCUT2D eigenvalue weighted by atomic mass is 10.1. The fourth-order valence-corrected chi connectivity index (χ4v) is 3.47. The highest BCUT2D eigenvalue weighted by molar-refractivity contribution is 6.30. The van der Waals surface area contributed by atoms with Gasteiger partial charge in [-0.05, 0) is 48.4 Å². The predicted octanol–water partition coefficient (Wildman–Crippen LogP) is 3.98. The molecular formula is C21H24ClFN2O2. The van der Waals surface area contributed by atoms with Crippen LogP contribution in [0.15, 0.2) is 48.5 Å². The number of nitrogens with zero attached hydrogens (tertiary/aromatic N) is 2. The van der Waals surface area contributed by atoms with Gasteiger partial charge in [0.05, 0.1) is 0 Å². The zero-order valence-electron chi connectivity index (χ0n) is 15.4. The Morgan fingerprint density at radius 2 is 1.85 bits per heavy atom. The maximum absolute atomic E-state index is 13.1. The first-order valence-electron chi connectivity index (χ1n) is 9.20. The smallest absolute Gasteiger partial charge is 0.260 e. The highest BCUT2D eigenvalue weighted by Gasteiger charge is 2.29. The molecule has 6 heteroatoms. The number of hydrogen-bond acceptors (Lipinski definition) is 3. The molecule has 2 aromatic carbocycles. The van der Waals surface area contributed by atoms with Gasteiger partial charge >= 0.3 is 0 Å². The Morgan fingerprint density at radius 3 is 2.52 bits per heavy atom. The third-order valence-corrected chi connectivity index (χ3v) is 5.11. The number of piperazine rings is 1. The molecule has 27 heavy (non-hydrogen) atoms. The average Bonchev–Trinajstić information content (AvgIpc) is 2.69. The van der Waals surface area contributed by atoms with Crippen LogP contribution in [0.25, 0.3) is 0 Å². The van der Waals surface area contributed by atoms with Crippen LogP contribution in [-0.2, 0) is 11.3 Å². The molecule has 0 aliphatic carbocycles. The molecule has 1 atom stereocenters. The molecule has 0 radical (unpaired) electrons. The van der Waals surface area contributed by atoms with E-state index < -0.39 is 0 Å². The molecule has 0 unspecified atom stereocenters. The van der Waals surface area contributed by atoms with E-state index in [0.29, 0.717) is 17.3 Å². The van der Waals surface area contributed by atoms with Crippen LogP contribution in [0, 0.1) is 5.82 Å². The van der Waals surface area contributed by atoms with Crippen molar-refractivity contribution >= 4 is 17.5 Å². The van der Waals surface area contributed by atoms with Crippen LogP contribution in [0.4, 0.5) is 4.39 Å². The summed E-state index contributed by atoms with van der Waals surface area (Å²) in [7, 11) is 0. The lowest BCUT2D eigenvalue weighted by Crippen LogP contribution is -2.55. The van der Waals surface area contributed by atoms with Crippen LogP contribution in [0.5, 0.6) is 5.75 Å². The number of carbonyl (C=O) groups excluding carboxylic acids is 1. The summed E-state index contributed by atoms with van der Waals surface area (Å²) in [4.78, 5) is 16.8. The fourth-order valence-electron chi connectivity index (χ4n) is 3.35. The highest BCUT2D eigenvalue weighted by atomic mass is 35.5. The van der Waals surface area contributed by atoms with E-state index in [1.54, 1.807) is 24.3 Å². The van der Waals surface area contributed by atoms with Crippen LogP contribution in [0.1, 0.15) is 18.9 Å². The van der Waals surface area contributed by atoms with Crippen molar-refractivity contribution in [3.05, 3.63) is 64.9 Å². The lowest BCUT2D eigenvalue weighted by molar-refractivity contribution is -0.138. The van der Waals surface area contributed by atoms with Crippen molar-refractivity contribution in [3.63, 3.8) is 0 Å². The van der Waals surface area contributed by atoms with Gasteiger partial charge in [-0.1, -0.05) is 30.7 Å². The molecule has 1 amide bonds. The molecule has 0 saturated carbocycles. The van der Waals surface area contributed by atoms with E-state index in [1.165, 1.54) is 12.1 Å². The van der Waals surface area contributed by atoms with E-state index in [4.69, 9.17) is 16.3 Å². The summed E-state index contributed by atoms with van der Waals surface area (Å²) >= 11 is 5.86. The Morgan fingerprint density at radius 1 is 1.15 bits per heavy atom. The predicted molar refractivity (Wildman–Crippen MR) is 104 cm³/mol. The number of benzene rings is 2. The van der Waals surface area contributed by atoms with Crippen molar-refractivity contribution in [1.82, 2.24) is 9.80 Å². The molecule has 1 aliphatic rings. The monoisotopic (exact) mass is 390 g/mol. The van der Waals surface area contributed by atoms with Crippen molar-refractivity contribution in [2.24, 2.45) is 0 Å². The molecule has 0 spiro atoms. The normalized spacial score (nSPS) is 17.7. The van der Waals surface area contributed by atoms with E-state index in [2.05, 4.69) is 11.8 Å². The van der Waals surface area contributed by atoms with Crippen LogP contribution >= 0.6 is 11.6 Å². The van der Waals surface area contributed by atoms with Gasteiger partial charge in [0.15, 0.2) is 6.61 Å². The van der Waals surface area contributed by atoms with Gasteiger partial charge < -0.3 is 9.64 Å². The molecule has 0 N–H and O–H groups in total. The van der Waals surface area contributed by atoms with E-state index >= 15 is 0 Å². The summed E-state index contributed by atoms with van der Waals surface area (Å²) in [5.74, 6) is 0.412. The molecule has 0 bridgehead atoms. The van der Waals surface area contributed by atoms with Crippen LogP contribution < -0.4 is 4.74 Å². The molecule has 144 valence electrons. The van der Waals surface area contributed by atoms with Gasteiger partial charge in [-0.2, -0.15) is 0 Å². The molecule has 1 heterocycles. The Kier molecular flexibility index (Phi) is 6.69. The first kappa shape index (κ1) is 19.6. The first-order chi connectivity index (χ1) is 13.0. The van der Waals surface area contributed by atoms with Crippen molar-refractivity contribution in [1.29, 1.82) is 0 Å². The van der Waals surface area contributed by atoms with Gasteiger partial charge in [0, 0.05) is 37.2 Å². The van der Waals surface area contributed by atoms with Crippen LogP contribution in [0.2, 0.25) is 5.02 Å². The number of carbonyl (C=O) groups is 1. The number of rotatable bonds is 6. The van der Waals surface area contributed by atoms with E-state index in [-0.39, 0.29) is 24.4 Å². The molecular weight excluding hydrogens is 367 g/mol. The van der Waals surface area contributed by atoms with Gasteiger partial charge in [0.25, 0.3) is 5.91 Å². The summed E-state index contributed by atoms with van der Waals surface area (Å²) in [6, 6.07) is 13.7. The quantitative estimate of drug-likeness (QED) is 0.747. The largest absolute Gasteiger partial charge is 0.484 e. The summed E-state index contributed by atoms with van der Waals surface area (Å²) < 4.78 is 18.7. The van der Waals surface area contributed by atoms with Crippen molar-refractivity contribution < 1.29 is 13.9 Å². The third kappa shape index (κ3) is 5.44.